The molecule has 2 fully saturated rings. The summed E-state index contributed by atoms with van der Waals surface area (Å²) in [5.41, 5.74) is 2.93. The fraction of sp³-hybridized carbons (Fsp3) is 0.320. The highest BCUT2D eigenvalue weighted by molar-refractivity contribution is 6.04. The summed E-state index contributed by atoms with van der Waals surface area (Å²) in [7, 11) is 0. The number of nitrogens with one attached hydrogen (secondary N) is 2. The van der Waals surface area contributed by atoms with E-state index in [-0.39, 0.29) is 23.4 Å². The van der Waals surface area contributed by atoms with Crippen molar-refractivity contribution in [2.24, 2.45) is 5.92 Å². The van der Waals surface area contributed by atoms with Crippen LogP contribution in [-0.4, -0.2) is 34.7 Å². The van der Waals surface area contributed by atoms with Crippen molar-refractivity contribution in [3.8, 4) is 5.69 Å². The van der Waals surface area contributed by atoms with Gasteiger partial charge >= 0.3 is 0 Å². The van der Waals surface area contributed by atoms with Gasteiger partial charge < -0.3 is 15.5 Å². The number of carbonyl (C=O) groups excluding carboxylic acids is 2. The highest BCUT2D eigenvalue weighted by atomic mass is 16.2. The molecule has 2 N–H and O–H groups in total. The van der Waals surface area contributed by atoms with E-state index in [2.05, 4.69) is 20.6 Å². The Hall–Kier alpha value is -3.61. The number of hydrogen-bond donors (Lipinski definition) is 2. The van der Waals surface area contributed by atoms with Gasteiger partial charge in [-0.1, -0.05) is 18.2 Å². The van der Waals surface area contributed by atoms with Crippen LogP contribution in [0.15, 0.2) is 60.7 Å². The van der Waals surface area contributed by atoms with Crippen LogP contribution < -0.4 is 15.5 Å². The normalized spacial score (nSPS) is 15.9. The van der Waals surface area contributed by atoms with Crippen molar-refractivity contribution < 1.29 is 9.59 Å². The van der Waals surface area contributed by atoms with Gasteiger partial charge in [0.05, 0.1) is 5.69 Å². The van der Waals surface area contributed by atoms with Crippen molar-refractivity contribution >= 4 is 29.0 Å². The van der Waals surface area contributed by atoms with E-state index in [0.29, 0.717) is 11.5 Å². The third-order valence-electron chi connectivity index (χ3n) is 5.99. The molecule has 1 aromatic heterocycles. The van der Waals surface area contributed by atoms with Crippen molar-refractivity contribution in [2.45, 2.75) is 32.1 Å². The summed E-state index contributed by atoms with van der Waals surface area (Å²) in [6.45, 7) is 2.16. The number of carbonyl (C=O) groups is 2. The minimum absolute atomic E-state index is 0.0256. The number of aromatic nitrogens is 2. The Bertz CT molecular complexity index is 1100. The molecule has 2 heterocycles. The van der Waals surface area contributed by atoms with Crippen LogP contribution in [0.3, 0.4) is 0 Å². The summed E-state index contributed by atoms with van der Waals surface area (Å²) in [4.78, 5) is 27.6. The predicted octanol–water partition coefficient (Wildman–Crippen LogP) is 4.46. The number of hydrogen-bond acceptors (Lipinski definition) is 4. The summed E-state index contributed by atoms with van der Waals surface area (Å²) < 4.78 is 1.61. The lowest BCUT2D eigenvalue weighted by Gasteiger charge is -2.28. The topological polar surface area (TPSA) is 79.3 Å². The third kappa shape index (κ3) is 4.51. The average molecular weight is 430 g/mol. The van der Waals surface area contributed by atoms with Crippen LogP contribution in [0, 0.1) is 5.92 Å². The van der Waals surface area contributed by atoms with Crippen molar-refractivity contribution in [3.63, 3.8) is 0 Å². The molecule has 1 aliphatic carbocycles. The quantitative estimate of drug-likeness (QED) is 0.606. The lowest BCUT2D eigenvalue weighted by molar-refractivity contribution is -0.117. The molecule has 2 amide bonds. The Kier molecular flexibility index (Phi) is 5.62. The second-order valence-electron chi connectivity index (χ2n) is 8.47. The largest absolute Gasteiger partial charge is 0.372 e. The molecule has 7 heteroatoms. The molecule has 5 rings (SSSR count). The Labute approximate surface area is 187 Å². The first kappa shape index (κ1) is 20.3. The van der Waals surface area contributed by atoms with Gasteiger partial charge in [0, 0.05) is 36.4 Å². The van der Waals surface area contributed by atoms with Crippen molar-refractivity contribution in [2.75, 3.05) is 28.6 Å². The van der Waals surface area contributed by atoms with Gasteiger partial charge in [0.1, 0.15) is 5.82 Å². The molecule has 0 spiro atoms. The molecule has 2 aliphatic rings. The maximum absolute atomic E-state index is 12.9. The highest BCUT2D eigenvalue weighted by Gasteiger charge is 2.30. The van der Waals surface area contributed by atoms with Crippen LogP contribution in [0.5, 0.6) is 0 Å². The Morgan fingerprint density at radius 2 is 1.56 bits per heavy atom. The molecular formula is C25H27N5O2. The van der Waals surface area contributed by atoms with Crippen molar-refractivity contribution in [3.05, 3.63) is 66.4 Å². The fourth-order valence-corrected chi connectivity index (χ4v) is 4.02. The number of nitrogens with zero attached hydrogens (tertiary/aromatic N) is 3. The van der Waals surface area contributed by atoms with E-state index in [4.69, 9.17) is 0 Å². The molecular weight excluding hydrogens is 402 g/mol. The molecule has 164 valence electrons. The van der Waals surface area contributed by atoms with Crippen LogP contribution in [0.2, 0.25) is 0 Å². The summed E-state index contributed by atoms with van der Waals surface area (Å²) in [5.74, 6) is 0.221. The molecule has 0 bridgehead atoms. The van der Waals surface area contributed by atoms with Crippen LogP contribution in [0.4, 0.5) is 17.2 Å². The Morgan fingerprint density at radius 3 is 2.25 bits per heavy atom. The Balaban J connectivity index is 1.33. The minimum Gasteiger partial charge on any atom is -0.372 e. The first-order chi connectivity index (χ1) is 15.7. The van der Waals surface area contributed by atoms with Crippen molar-refractivity contribution in [1.29, 1.82) is 0 Å². The smallest absolute Gasteiger partial charge is 0.276 e. The number of rotatable bonds is 6. The van der Waals surface area contributed by atoms with Gasteiger partial charge in [0.2, 0.25) is 5.91 Å². The number of anilines is 3. The van der Waals surface area contributed by atoms with Crippen LogP contribution in [0.25, 0.3) is 5.69 Å². The summed E-state index contributed by atoms with van der Waals surface area (Å²) in [6, 6.07) is 19.1. The number of piperidine rings is 1. The minimum atomic E-state index is -0.313. The molecule has 3 aromatic rings. The van der Waals surface area contributed by atoms with Gasteiger partial charge in [-0.3, -0.25) is 9.59 Å². The monoisotopic (exact) mass is 429 g/mol. The van der Waals surface area contributed by atoms with E-state index in [1.54, 1.807) is 10.7 Å². The third-order valence-corrected chi connectivity index (χ3v) is 5.99. The van der Waals surface area contributed by atoms with Gasteiger partial charge in [0.25, 0.3) is 5.91 Å². The van der Waals surface area contributed by atoms with Gasteiger partial charge in [-0.05, 0) is 68.5 Å². The molecule has 0 unspecified atom stereocenters. The van der Waals surface area contributed by atoms with E-state index in [1.807, 2.05) is 54.6 Å². The first-order valence-electron chi connectivity index (χ1n) is 11.3. The van der Waals surface area contributed by atoms with Crippen LogP contribution in [0.1, 0.15) is 42.6 Å². The SMILES string of the molecule is O=C(Nc1ccc(N2CCCCC2)cc1)c1cc(NC(=O)C2CC2)n(-c2ccccc2)n1. The summed E-state index contributed by atoms with van der Waals surface area (Å²) >= 11 is 0. The van der Waals surface area contributed by atoms with E-state index < -0.39 is 0 Å². The number of benzene rings is 2. The summed E-state index contributed by atoms with van der Waals surface area (Å²) in [5, 5.41) is 10.3. The standard InChI is InChI=1S/C25H27N5O2/c31-24(18-9-10-18)27-23-17-22(28-30(23)21-7-3-1-4-8-21)25(32)26-19-11-13-20(14-12-19)29-15-5-2-6-16-29/h1,3-4,7-8,11-14,17-18H,2,5-6,9-10,15-16H2,(H,26,32)(H,27,31). The number of amides is 2. The number of para-hydroxylation sites is 1. The lowest BCUT2D eigenvalue weighted by Crippen LogP contribution is -2.29. The van der Waals surface area contributed by atoms with Crippen LogP contribution in [-0.2, 0) is 4.79 Å². The maximum Gasteiger partial charge on any atom is 0.276 e. The highest BCUT2D eigenvalue weighted by Crippen LogP contribution is 2.31. The van der Waals surface area contributed by atoms with E-state index >= 15 is 0 Å². The zero-order valence-electron chi connectivity index (χ0n) is 18.0. The lowest BCUT2D eigenvalue weighted by atomic mass is 10.1. The molecule has 32 heavy (non-hydrogen) atoms. The molecule has 7 nitrogen and oxygen atoms in total. The zero-order valence-corrected chi connectivity index (χ0v) is 18.0. The van der Waals surface area contributed by atoms with Crippen LogP contribution >= 0.6 is 0 Å². The first-order valence-corrected chi connectivity index (χ1v) is 11.3. The fourth-order valence-electron chi connectivity index (χ4n) is 4.02. The average Bonchev–Trinajstić information content (AvgIpc) is 3.61. The van der Waals surface area contributed by atoms with Gasteiger partial charge in [-0.2, -0.15) is 5.10 Å². The molecule has 0 radical (unpaired) electrons. The summed E-state index contributed by atoms with van der Waals surface area (Å²) in [6.07, 6.45) is 5.56. The molecule has 1 saturated carbocycles. The van der Waals surface area contributed by atoms with E-state index in [0.717, 1.165) is 31.6 Å². The Morgan fingerprint density at radius 1 is 0.844 bits per heavy atom. The second kappa shape index (κ2) is 8.86. The van der Waals surface area contributed by atoms with E-state index in [1.165, 1.54) is 24.9 Å². The molecule has 2 aromatic carbocycles. The van der Waals surface area contributed by atoms with Gasteiger partial charge in [-0.25, -0.2) is 4.68 Å². The van der Waals surface area contributed by atoms with E-state index in [9.17, 15) is 9.59 Å². The predicted molar refractivity (Wildman–Crippen MR) is 125 cm³/mol. The molecule has 0 atom stereocenters. The second-order valence-corrected chi connectivity index (χ2v) is 8.47. The maximum atomic E-state index is 12.9. The van der Waals surface area contributed by atoms with Gasteiger partial charge in [-0.15, -0.1) is 0 Å². The molecule has 1 saturated heterocycles. The molecule has 1 aliphatic heterocycles. The zero-order chi connectivity index (χ0) is 21.9. The van der Waals surface area contributed by atoms with Gasteiger partial charge in [0.15, 0.2) is 5.69 Å². The van der Waals surface area contributed by atoms with Crippen molar-refractivity contribution in [1.82, 2.24) is 9.78 Å².